The van der Waals surface area contributed by atoms with Crippen molar-refractivity contribution in [3.8, 4) is 11.3 Å². The zero-order chi connectivity index (χ0) is 11.5. The smallest absolute Gasteiger partial charge is 0.172 e. The molecule has 1 heterocycles. The van der Waals surface area contributed by atoms with Crippen molar-refractivity contribution in [2.24, 2.45) is 0 Å². The molecule has 0 aliphatic carbocycles. The number of benzene rings is 1. The van der Waals surface area contributed by atoms with Gasteiger partial charge in [0.2, 0.25) is 0 Å². The Morgan fingerprint density at radius 3 is 2.75 bits per heavy atom. The van der Waals surface area contributed by atoms with Crippen molar-refractivity contribution < 1.29 is 9.18 Å². The molecule has 2 N–H and O–H groups in total. The molecule has 0 saturated heterocycles. The lowest BCUT2D eigenvalue weighted by atomic mass is 10.1. The van der Waals surface area contributed by atoms with Crippen LogP contribution in [0.4, 0.5) is 10.2 Å². The number of carbonyl (C=O) groups excluding carboxylic acids is 1. The second-order valence-corrected chi connectivity index (χ2v) is 3.12. The molecule has 1 aromatic carbocycles. The Morgan fingerprint density at radius 1 is 1.31 bits per heavy atom. The van der Waals surface area contributed by atoms with Crippen molar-refractivity contribution >= 4 is 12.1 Å². The Labute approximate surface area is 91.0 Å². The van der Waals surface area contributed by atoms with Crippen LogP contribution in [0.3, 0.4) is 0 Å². The van der Waals surface area contributed by atoms with Gasteiger partial charge >= 0.3 is 0 Å². The molecule has 0 aliphatic heterocycles. The molecule has 2 rings (SSSR count). The van der Waals surface area contributed by atoms with Crippen LogP contribution >= 0.6 is 0 Å². The fourth-order valence-corrected chi connectivity index (χ4v) is 1.30. The van der Waals surface area contributed by atoms with E-state index in [0.29, 0.717) is 6.29 Å². The summed E-state index contributed by atoms with van der Waals surface area (Å²) in [7, 11) is 0. The number of hydrogen-bond acceptors (Lipinski definition) is 4. The van der Waals surface area contributed by atoms with Gasteiger partial charge in [-0.15, -0.1) is 0 Å². The minimum atomic E-state index is -0.418. The van der Waals surface area contributed by atoms with E-state index >= 15 is 0 Å². The second kappa shape index (κ2) is 4.06. The standard InChI is InChI=1S/C11H8FN3O/c12-8-4-2-1-3-7(8)9-5-14-11(13)10(6-16)15-9/h1-6H,(H2,13,14). The summed E-state index contributed by atoms with van der Waals surface area (Å²) < 4.78 is 13.4. The molecule has 0 atom stereocenters. The normalized spacial score (nSPS) is 10.1. The number of aromatic nitrogens is 2. The lowest BCUT2D eigenvalue weighted by Gasteiger charge is -2.03. The summed E-state index contributed by atoms with van der Waals surface area (Å²) >= 11 is 0. The number of carbonyl (C=O) groups is 1. The lowest BCUT2D eigenvalue weighted by Crippen LogP contribution is -2.01. The summed E-state index contributed by atoms with van der Waals surface area (Å²) in [5.74, 6) is -0.381. The second-order valence-electron chi connectivity index (χ2n) is 3.12. The third-order valence-electron chi connectivity index (χ3n) is 2.09. The maximum atomic E-state index is 13.4. The maximum Gasteiger partial charge on any atom is 0.172 e. The van der Waals surface area contributed by atoms with Gasteiger partial charge in [-0.05, 0) is 12.1 Å². The van der Waals surface area contributed by atoms with Gasteiger partial charge in [-0.1, -0.05) is 12.1 Å². The largest absolute Gasteiger partial charge is 0.382 e. The molecule has 0 fully saturated rings. The highest BCUT2D eigenvalue weighted by molar-refractivity contribution is 5.80. The van der Waals surface area contributed by atoms with Gasteiger partial charge in [-0.2, -0.15) is 0 Å². The van der Waals surface area contributed by atoms with E-state index in [-0.39, 0.29) is 22.8 Å². The predicted octanol–water partition coefficient (Wildman–Crippen LogP) is 1.68. The fraction of sp³-hybridized carbons (Fsp3) is 0. The van der Waals surface area contributed by atoms with E-state index in [4.69, 9.17) is 5.73 Å². The lowest BCUT2D eigenvalue weighted by molar-refractivity contribution is 0.111. The molecule has 16 heavy (non-hydrogen) atoms. The molecule has 80 valence electrons. The van der Waals surface area contributed by atoms with Crippen molar-refractivity contribution in [2.75, 3.05) is 5.73 Å². The number of halogens is 1. The summed E-state index contributed by atoms with van der Waals surface area (Å²) in [4.78, 5) is 18.3. The number of hydrogen-bond donors (Lipinski definition) is 1. The van der Waals surface area contributed by atoms with Gasteiger partial charge in [0, 0.05) is 5.56 Å². The van der Waals surface area contributed by atoms with E-state index < -0.39 is 5.82 Å². The Hall–Kier alpha value is -2.30. The summed E-state index contributed by atoms with van der Waals surface area (Å²) in [6, 6.07) is 6.12. The van der Waals surface area contributed by atoms with Crippen LogP contribution < -0.4 is 5.73 Å². The van der Waals surface area contributed by atoms with Gasteiger partial charge in [0.1, 0.15) is 11.5 Å². The quantitative estimate of drug-likeness (QED) is 0.777. The number of nitrogens with zero attached hydrogens (tertiary/aromatic N) is 2. The van der Waals surface area contributed by atoms with Gasteiger partial charge in [-0.25, -0.2) is 14.4 Å². The van der Waals surface area contributed by atoms with Crippen LogP contribution in [-0.2, 0) is 0 Å². The molecule has 4 nitrogen and oxygen atoms in total. The minimum absolute atomic E-state index is 0.0146. The van der Waals surface area contributed by atoms with Crippen molar-refractivity contribution in [2.45, 2.75) is 0 Å². The number of nitrogen functional groups attached to an aromatic ring is 1. The molecule has 0 saturated carbocycles. The van der Waals surface area contributed by atoms with Crippen molar-refractivity contribution in [1.29, 1.82) is 0 Å². The molecule has 0 aliphatic rings. The summed E-state index contributed by atoms with van der Waals surface area (Å²) in [5, 5.41) is 0. The third kappa shape index (κ3) is 1.75. The molecule has 0 radical (unpaired) electrons. The Balaban J connectivity index is 2.57. The Kier molecular flexibility index (Phi) is 2.59. The van der Waals surface area contributed by atoms with Gasteiger partial charge in [-0.3, -0.25) is 4.79 Å². The molecule has 5 heteroatoms. The van der Waals surface area contributed by atoms with E-state index in [1.54, 1.807) is 18.2 Å². The van der Waals surface area contributed by atoms with E-state index in [1.165, 1.54) is 12.3 Å². The number of nitrogens with two attached hydrogens (primary N) is 1. The number of rotatable bonds is 2. The monoisotopic (exact) mass is 217 g/mol. The van der Waals surface area contributed by atoms with Crippen molar-refractivity contribution in [1.82, 2.24) is 9.97 Å². The van der Waals surface area contributed by atoms with E-state index in [9.17, 15) is 9.18 Å². The summed E-state index contributed by atoms with van der Waals surface area (Å²) in [5.41, 5.74) is 6.01. The van der Waals surface area contributed by atoms with Gasteiger partial charge < -0.3 is 5.73 Å². The first kappa shape index (κ1) is 10.2. The average molecular weight is 217 g/mol. The van der Waals surface area contributed by atoms with Crippen LogP contribution in [0.25, 0.3) is 11.3 Å². The molecule has 0 spiro atoms. The maximum absolute atomic E-state index is 13.4. The van der Waals surface area contributed by atoms with Crippen molar-refractivity contribution in [3.63, 3.8) is 0 Å². The van der Waals surface area contributed by atoms with E-state index in [0.717, 1.165) is 0 Å². The highest BCUT2D eigenvalue weighted by Crippen LogP contribution is 2.20. The highest BCUT2D eigenvalue weighted by atomic mass is 19.1. The fourth-order valence-electron chi connectivity index (χ4n) is 1.30. The van der Waals surface area contributed by atoms with Crippen LogP contribution in [-0.4, -0.2) is 16.3 Å². The van der Waals surface area contributed by atoms with Crippen LogP contribution in [0.5, 0.6) is 0 Å². The first-order valence-corrected chi connectivity index (χ1v) is 4.55. The van der Waals surface area contributed by atoms with Gasteiger partial charge in [0.25, 0.3) is 0 Å². The zero-order valence-corrected chi connectivity index (χ0v) is 8.22. The topological polar surface area (TPSA) is 68.9 Å². The van der Waals surface area contributed by atoms with Crippen LogP contribution in [0.15, 0.2) is 30.5 Å². The van der Waals surface area contributed by atoms with Gasteiger partial charge in [0.15, 0.2) is 12.1 Å². The van der Waals surface area contributed by atoms with Crippen molar-refractivity contribution in [3.05, 3.63) is 42.0 Å². The Morgan fingerprint density at radius 2 is 2.06 bits per heavy atom. The molecule has 0 unspecified atom stereocenters. The van der Waals surface area contributed by atoms with Crippen LogP contribution in [0.1, 0.15) is 10.5 Å². The first-order valence-electron chi connectivity index (χ1n) is 4.55. The summed E-state index contributed by atoms with van der Waals surface area (Å²) in [6.07, 6.45) is 1.83. The van der Waals surface area contributed by atoms with Crippen LogP contribution in [0, 0.1) is 5.82 Å². The molecule has 1 aromatic heterocycles. The highest BCUT2D eigenvalue weighted by Gasteiger charge is 2.08. The Bertz CT molecular complexity index is 543. The zero-order valence-electron chi connectivity index (χ0n) is 8.22. The molecular formula is C11H8FN3O. The van der Waals surface area contributed by atoms with Crippen LogP contribution in [0.2, 0.25) is 0 Å². The molecule has 0 amide bonds. The molecule has 0 bridgehead atoms. The molecule has 2 aromatic rings. The third-order valence-corrected chi connectivity index (χ3v) is 2.09. The number of anilines is 1. The SMILES string of the molecule is Nc1ncc(-c2ccccc2F)nc1C=O. The average Bonchev–Trinajstić information content (AvgIpc) is 2.31. The minimum Gasteiger partial charge on any atom is -0.382 e. The van der Waals surface area contributed by atoms with Gasteiger partial charge in [0.05, 0.1) is 11.9 Å². The first-order chi connectivity index (χ1) is 7.72. The van der Waals surface area contributed by atoms with E-state index in [1.807, 2.05) is 0 Å². The number of aldehydes is 1. The predicted molar refractivity (Wildman–Crippen MR) is 57.2 cm³/mol. The van der Waals surface area contributed by atoms with E-state index in [2.05, 4.69) is 9.97 Å². The molecular weight excluding hydrogens is 209 g/mol. The summed E-state index contributed by atoms with van der Waals surface area (Å²) in [6.45, 7) is 0.